The number of aryl methyl sites for hydroxylation is 2. The van der Waals surface area contributed by atoms with Crippen molar-refractivity contribution in [2.75, 3.05) is 6.54 Å². The van der Waals surface area contributed by atoms with Crippen LogP contribution in [0.3, 0.4) is 0 Å². The van der Waals surface area contributed by atoms with Crippen LogP contribution in [0.4, 0.5) is 0 Å². The molecule has 0 aliphatic rings. The van der Waals surface area contributed by atoms with E-state index >= 15 is 0 Å². The van der Waals surface area contributed by atoms with Gasteiger partial charge in [-0.15, -0.1) is 0 Å². The minimum absolute atomic E-state index is 0.0776. The average Bonchev–Trinajstić information content (AvgIpc) is 3.01. The number of aliphatic hydroxyl groups is 1. The number of nitrogens with zero attached hydrogens (tertiary/aromatic N) is 2. The summed E-state index contributed by atoms with van der Waals surface area (Å²) in [6, 6.07) is 17.8. The summed E-state index contributed by atoms with van der Waals surface area (Å²) in [5.41, 5.74) is 5.56. The lowest BCUT2D eigenvalue weighted by atomic mass is 10.0. The zero-order valence-corrected chi connectivity index (χ0v) is 18.2. The van der Waals surface area contributed by atoms with Crippen molar-refractivity contribution in [2.45, 2.75) is 52.8 Å². The fourth-order valence-corrected chi connectivity index (χ4v) is 3.71. The largest absolute Gasteiger partial charge is 0.387 e. The Bertz CT molecular complexity index is 978. The standard InChI is InChI=1S/C25H31N3O2/c1-17-10-12-22(13-11-17)25(30)19(3)26-15-14-23(29)24-18(2)27-28(20(24)4)16-21-8-6-5-7-9-21/h5-13,19,25-26,30H,14-16H2,1-4H3. The third-order valence-corrected chi connectivity index (χ3v) is 5.55. The molecule has 3 rings (SSSR count). The predicted octanol–water partition coefficient (Wildman–Crippen LogP) is 4.14. The summed E-state index contributed by atoms with van der Waals surface area (Å²) >= 11 is 0. The van der Waals surface area contributed by atoms with E-state index in [1.165, 1.54) is 0 Å². The van der Waals surface area contributed by atoms with E-state index < -0.39 is 6.10 Å². The molecule has 2 aromatic carbocycles. The molecule has 158 valence electrons. The van der Waals surface area contributed by atoms with Crippen molar-refractivity contribution in [3.05, 3.63) is 88.2 Å². The van der Waals surface area contributed by atoms with Gasteiger partial charge in [0.15, 0.2) is 5.78 Å². The summed E-state index contributed by atoms with van der Waals surface area (Å²) in [4.78, 5) is 12.9. The monoisotopic (exact) mass is 405 g/mol. The summed E-state index contributed by atoms with van der Waals surface area (Å²) in [6.45, 7) is 8.95. The Labute approximate surface area is 178 Å². The van der Waals surface area contributed by atoms with Gasteiger partial charge in [0, 0.05) is 24.7 Å². The van der Waals surface area contributed by atoms with Gasteiger partial charge in [0.1, 0.15) is 0 Å². The van der Waals surface area contributed by atoms with Crippen LogP contribution in [0.15, 0.2) is 54.6 Å². The number of benzene rings is 2. The molecule has 0 aliphatic heterocycles. The summed E-state index contributed by atoms with van der Waals surface area (Å²) in [6.07, 6.45) is -0.248. The summed E-state index contributed by atoms with van der Waals surface area (Å²) in [7, 11) is 0. The molecule has 0 aliphatic carbocycles. The van der Waals surface area contributed by atoms with Crippen molar-refractivity contribution < 1.29 is 9.90 Å². The number of nitrogens with one attached hydrogen (secondary N) is 1. The molecule has 0 fully saturated rings. The highest BCUT2D eigenvalue weighted by molar-refractivity contribution is 5.98. The lowest BCUT2D eigenvalue weighted by molar-refractivity contribution is 0.0971. The predicted molar refractivity (Wildman–Crippen MR) is 120 cm³/mol. The molecule has 1 heterocycles. The molecule has 0 spiro atoms. The number of aromatic nitrogens is 2. The molecule has 0 amide bonds. The number of carbonyl (C=O) groups is 1. The maximum absolute atomic E-state index is 12.9. The lowest BCUT2D eigenvalue weighted by Gasteiger charge is -2.20. The first-order valence-corrected chi connectivity index (χ1v) is 10.5. The topological polar surface area (TPSA) is 67.2 Å². The molecule has 2 atom stereocenters. The number of carbonyl (C=O) groups excluding carboxylic acids is 1. The SMILES string of the molecule is Cc1ccc(C(O)C(C)NCCC(=O)c2c(C)nn(Cc3ccccc3)c2C)cc1. The summed E-state index contributed by atoms with van der Waals surface area (Å²) in [5, 5.41) is 18.4. The van der Waals surface area contributed by atoms with Gasteiger partial charge in [-0.25, -0.2) is 0 Å². The molecule has 2 N–H and O–H groups in total. The van der Waals surface area contributed by atoms with Crippen LogP contribution in [0.1, 0.15) is 57.9 Å². The molecule has 30 heavy (non-hydrogen) atoms. The van der Waals surface area contributed by atoms with Crippen LogP contribution in [0.25, 0.3) is 0 Å². The van der Waals surface area contributed by atoms with Crippen molar-refractivity contribution in [2.24, 2.45) is 0 Å². The molecule has 5 nitrogen and oxygen atoms in total. The average molecular weight is 406 g/mol. The van der Waals surface area contributed by atoms with Gasteiger partial charge in [-0.1, -0.05) is 60.2 Å². The number of aliphatic hydroxyl groups excluding tert-OH is 1. The Balaban J connectivity index is 1.57. The van der Waals surface area contributed by atoms with Gasteiger partial charge in [0.2, 0.25) is 0 Å². The smallest absolute Gasteiger partial charge is 0.167 e. The first-order chi connectivity index (χ1) is 14.4. The van der Waals surface area contributed by atoms with Crippen molar-refractivity contribution in [1.82, 2.24) is 15.1 Å². The van der Waals surface area contributed by atoms with Crippen molar-refractivity contribution in [1.29, 1.82) is 0 Å². The van der Waals surface area contributed by atoms with E-state index in [0.29, 0.717) is 25.1 Å². The number of Topliss-reactive ketones (excluding diaryl/α,β-unsaturated/α-hetero) is 1. The van der Waals surface area contributed by atoms with Crippen LogP contribution in [0.2, 0.25) is 0 Å². The third-order valence-electron chi connectivity index (χ3n) is 5.55. The van der Waals surface area contributed by atoms with Gasteiger partial charge in [0.25, 0.3) is 0 Å². The molecule has 1 aromatic heterocycles. The van der Waals surface area contributed by atoms with Crippen LogP contribution in [0, 0.1) is 20.8 Å². The van der Waals surface area contributed by atoms with E-state index in [1.54, 1.807) is 0 Å². The van der Waals surface area contributed by atoms with E-state index in [4.69, 9.17) is 0 Å². The Morgan fingerprint density at radius 1 is 1.07 bits per heavy atom. The fraction of sp³-hybridized carbons (Fsp3) is 0.360. The number of ketones is 1. The van der Waals surface area contributed by atoms with E-state index in [0.717, 1.165) is 28.1 Å². The van der Waals surface area contributed by atoms with Gasteiger partial charge < -0.3 is 10.4 Å². The third kappa shape index (κ3) is 5.23. The highest BCUT2D eigenvalue weighted by atomic mass is 16.3. The van der Waals surface area contributed by atoms with Gasteiger partial charge in [0.05, 0.1) is 23.9 Å². The zero-order valence-electron chi connectivity index (χ0n) is 18.2. The Morgan fingerprint density at radius 3 is 2.40 bits per heavy atom. The minimum atomic E-state index is -0.613. The lowest BCUT2D eigenvalue weighted by Crippen LogP contribution is -2.33. The second-order valence-electron chi connectivity index (χ2n) is 7.96. The normalized spacial score (nSPS) is 13.2. The van der Waals surface area contributed by atoms with Gasteiger partial charge in [-0.3, -0.25) is 9.48 Å². The summed E-state index contributed by atoms with van der Waals surface area (Å²) in [5.74, 6) is 0.0776. The highest BCUT2D eigenvalue weighted by Gasteiger charge is 2.20. The second-order valence-corrected chi connectivity index (χ2v) is 7.96. The highest BCUT2D eigenvalue weighted by Crippen LogP contribution is 2.19. The first-order valence-electron chi connectivity index (χ1n) is 10.5. The quantitative estimate of drug-likeness (QED) is 0.525. The maximum Gasteiger partial charge on any atom is 0.167 e. The zero-order chi connectivity index (χ0) is 21.7. The van der Waals surface area contributed by atoms with Crippen LogP contribution in [0.5, 0.6) is 0 Å². The van der Waals surface area contributed by atoms with Crippen molar-refractivity contribution in [3.63, 3.8) is 0 Å². The van der Waals surface area contributed by atoms with Crippen LogP contribution < -0.4 is 5.32 Å². The van der Waals surface area contributed by atoms with Crippen molar-refractivity contribution in [3.8, 4) is 0 Å². The van der Waals surface area contributed by atoms with Gasteiger partial charge in [-0.2, -0.15) is 5.10 Å². The maximum atomic E-state index is 12.9. The molecule has 3 aromatic rings. The number of hydrogen-bond donors (Lipinski definition) is 2. The van der Waals surface area contributed by atoms with Crippen LogP contribution in [-0.2, 0) is 6.54 Å². The van der Waals surface area contributed by atoms with Gasteiger partial charge in [-0.05, 0) is 38.8 Å². The molecule has 0 saturated carbocycles. The Morgan fingerprint density at radius 2 is 1.73 bits per heavy atom. The van der Waals surface area contributed by atoms with E-state index in [2.05, 4.69) is 22.5 Å². The van der Waals surface area contributed by atoms with E-state index in [1.807, 2.05) is 74.8 Å². The molecular formula is C25H31N3O2. The molecule has 0 saturated heterocycles. The minimum Gasteiger partial charge on any atom is -0.387 e. The van der Waals surface area contributed by atoms with Gasteiger partial charge >= 0.3 is 0 Å². The van der Waals surface area contributed by atoms with Crippen LogP contribution >= 0.6 is 0 Å². The molecule has 0 radical (unpaired) electrons. The Kier molecular flexibility index (Phi) is 7.19. The number of rotatable bonds is 9. The van der Waals surface area contributed by atoms with E-state index in [9.17, 15) is 9.90 Å². The summed E-state index contributed by atoms with van der Waals surface area (Å²) < 4.78 is 1.90. The number of hydrogen-bond acceptors (Lipinski definition) is 4. The van der Waals surface area contributed by atoms with Crippen molar-refractivity contribution >= 4 is 5.78 Å². The second kappa shape index (κ2) is 9.83. The van der Waals surface area contributed by atoms with Crippen LogP contribution in [-0.4, -0.2) is 33.3 Å². The van der Waals surface area contributed by atoms with E-state index in [-0.39, 0.29) is 11.8 Å². The first kappa shape index (κ1) is 21.9. The molecular weight excluding hydrogens is 374 g/mol. The molecule has 0 bridgehead atoms. The molecule has 2 unspecified atom stereocenters. The fourth-order valence-electron chi connectivity index (χ4n) is 3.71. The Hall–Kier alpha value is -2.76. The molecule has 5 heteroatoms.